The Hall–Kier alpha value is -1.88. The summed E-state index contributed by atoms with van der Waals surface area (Å²) in [5.74, 6) is 0.683. The number of carbonyl (C=O) groups is 1. The van der Waals surface area contributed by atoms with Crippen molar-refractivity contribution in [2.45, 2.75) is 38.1 Å². The number of amides is 1. The molecule has 2 N–H and O–H groups in total. The van der Waals surface area contributed by atoms with Crippen LogP contribution in [0.3, 0.4) is 0 Å². The quantitative estimate of drug-likeness (QED) is 0.805. The molecule has 1 fully saturated rings. The highest BCUT2D eigenvalue weighted by atomic mass is 79.9. The second-order valence-electron chi connectivity index (χ2n) is 5.85. The van der Waals surface area contributed by atoms with Gasteiger partial charge in [-0.15, -0.1) is 0 Å². The zero-order chi connectivity index (χ0) is 16.1. The number of benzene rings is 1. The molecule has 0 radical (unpaired) electrons. The monoisotopic (exact) mass is 373 g/mol. The van der Waals surface area contributed by atoms with E-state index in [0.29, 0.717) is 11.6 Å². The average molecular weight is 374 g/mol. The van der Waals surface area contributed by atoms with Crippen molar-refractivity contribution in [3.63, 3.8) is 0 Å². The molecule has 2 aromatic rings. The van der Waals surface area contributed by atoms with Crippen LogP contribution in [0.4, 0.5) is 11.5 Å². The maximum Gasteiger partial charge on any atom is 0.257 e. The topological polar surface area (TPSA) is 54.0 Å². The standard InChI is InChI=1S/C18H20BrN3O/c19-15-8-4-5-9-16(15)22-18(23)13-10-11-17(20-12-13)21-14-6-2-1-3-7-14/h4-5,8-12,14H,1-3,6-7H2,(H,20,21)(H,22,23). The maximum absolute atomic E-state index is 12.3. The molecule has 1 aliphatic rings. The summed E-state index contributed by atoms with van der Waals surface area (Å²) < 4.78 is 0.858. The van der Waals surface area contributed by atoms with Crippen LogP contribution in [0, 0.1) is 0 Å². The Morgan fingerprint density at radius 3 is 2.57 bits per heavy atom. The van der Waals surface area contributed by atoms with Gasteiger partial charge in [0.1, 0.15) is 5.82 Å². The zero-order valence-corrected chi connectivity index (χ0v) is 14.5. The molecule has 1 saturated carbocycles. The predicted octanol–water partition coefficient (Wildman–Crippen LogP) is 4.84. The molecular weight excluding hydrogens is 354 g/mol. The lowest BCUT2D eigenvalue weighted by Gasteiger charge is -2.23. The molecule has 4 nitrogen and oxygen atoms in total. The third-order valence-electron chi connectivity index (χ3n) is 4.10. The van der Waals surface area contributed by atoms with E-state index >= 15 is 0 Å². The third kappa shape index (κ3) is 4.32. The molecule has 5 heteroatoms. The number of para-hydroxylation sites is 1. The average Bonchev–Trinajstić information content (AvgIpc) is 2.58. The number of hydrogen-bond acceptors (Lipinski definition) is 3. The Balaban J connectivity index is 1.62. The molecule has 0 aliphatic heterocycles. The maximum atomic E-state index is 12.3. The number of hydrogen-bond donors (Lipinski definition) is 2. The molecule has 0 atom stereocenters. The second-order valence-corrected chi connectivity index (χ2v) is 6.70. The Bertz CT molecular complexity index is 666. The molecule has 0 saturated heterocycles. The van der Waals surface area contributed by atoms with Gasteiger partial charge in [0.05, 0.1) is 11.3 Å². The first-order chi connectivity index (χ1) is 11.2. The smallest absolute Gasteiger partial charge is 0.257 e. The first-order valence-corrected chi connectivity index (χ1v) is 8.80. The molecule has 1 heterocycles. The van der Waals surface area contributed by atoms with E-state index in [4.69, 9.17) is 0 Å². The third-order valence-corrected chi connectivity index (χ3v) is 4.80. The molecule has 1 amide bonds. The van der Waals surface area contributed by atoms with E-state index in [0.717, 1.165) is 16.0 Å². The molecule has 0 bridgehead atoms. The predicted molar refractivity (Wildman–Crippen MR) is 96.8 cm³/mol. The Kier molecular flexibility index (Phi) is 5.28. The van der Waals surface area contributed by atoms with E-state index in [1.165, 1.54) is 32.1 Å². The van der Waals surface area contributed by atoms with E-state index in [2.05, 4.69) is 31.5 Å². The summed E-state index contributed by atoms with van der Waals surface area (Å²) in [6.45, 7) is 0. The van der Waals surface area contributed by atoms with Gasteiger partial charge in [0.15, 0.2) is 0 Å². The van der Waals surface area contributed by atoms with Crippen LogP contribution in [-0.4, -0.2) is 16.9 Å². The van der Waals surface area contributed by atoms with E-state index in [9.17, 15) is 4.79 Å². The molecule has 0 spiro atoms. The van der Waals surface area contributed by atoms with Gasteiger partial charge in [0.2, 0.25) is 0 Å². The summed E-state index contributed by atoms with van der Waals surface area (Å²) in [6.07, 6.45) is 7.92. The SMILES string of the molecule is O=C(Nc1ccccc1Br)c1ccc(NC2CCCCC2)nc1. The Labute approximate surface area is 144 Å². The summed E-state index contributed by atoms with van der Waals surface area (Å²) in [5, 5.41) is 6.34. The van der Waals surface area contributed by atoms with Crippen molar-refractivity contribution in [3.8, 4) is 0 Å². The summed E-state index contributed by atoms with van der Waals surface area (Å²) in [4.78, 5) is 16.6. The molecule has 1 aromatic carbocycles. The van der Waals surface area contributed by atoms with Gasteiger partial charge in [-0.25, -0.2) is 4.98 Å². The van der Waals surface area contributed by atoms with E-state index in [1.54, 1.807) is 6.20 Å². The Morgan fingerprint density at radius 2 is 1.87 bits per heavy atom. The minimum Gasteiger partial charge on any atom is -0.367 e. The number of nitrogens with zero attached hydrogens (tertiary/aromatic N) is 1. The fraction of sp³-hybridized carbons (Fsp3) is 0.333. The minimum atomic E-state index is -0.159. The minimum absolute atomic E-state index is 0.159. The molecule has 120 valence electrons. The fourth-order valence-corrected chi connectivity index (χ4v) is 3.21. The molecule has 1 aromatic heterocycles. The van der Waals surface area contributed by atoms with Crippen LogP contribution >= 0.6 is 15.9 Å². The number of carbonyl (C=O) groups excluding carboxylic acids is 1. The van der Waals surface area contributed by atoms with E-state index in [-0.39, 0.29) is 5.91 Å². The zero-order valence-electron chi connectivity index (χ0n) is 12.9. The van der Waals surface area contributed by atoms with Crippen LogP contribution in [0.15, 0.2) is 47.1 Å². The highest BCUT2D eigenvalue weighted by molar-refractivity contribution is 9.10. The van der Waals surface area contributed by atoms with Crippen LogP contribution in [0.2, 0.25) is 0 Å². The van der Waals surface area contributed by atoms with Gasteiger partial charge in [-0.05, 0) is 53.0 Å². The van der Waals surface area contributed by atoms with Crippen molar-refractivity contribution < 1.29 is 4.79 Å². The van der Waals surface area contributed by atoms with Crippen LogP contribution in [-0.2, 0) is 0 Å². The molecule has 1 aliphatic carbocycles. The molecule has 3 rings (SSSR count). The normalized spacial score (nSPS) is 15.2. The number of anilines is 2. The number of pyridine rings is 1. The van der Waals surface area contributed by atoms with Crippen molar-refractivity contribution >= 4 is 33.3 Å². The van der Waals surface area contributed by atoms with Gasteiger partial charge in [0.25, 0.3) is 5.91 Å². The number of nitrogens with one attached hydrogen (secondary N) is 2. The van der Waals surface area contributed by atoms with Gasteiger partial charge in [-0.3, -0.25) is 4.79 Å². The highest BCUT2D eigenvalue weighted by Crippen LogP contribution is 2.23. The van der Waals surface area contributed by atoms with Gasteiger partial charge in [0, 0.05) is 16.7 Å². The van der Waals surface area contributed by atoms with Gasteiger partial charge >= 0.3 is 0 Å². The number of aromatic nitrogens is 1. The van der Waals surface area contributed by atoms with Crippen molar-refractivity contribution in [2.75, 3.05) is 10.6 Å². The number of rotatable bonds is 4. The van der Waals surface area contributed by atoms with Gasteiger partial charge in [-0.2, -0.15) is 0 Å². The lowest BCUT2D eigenvalue weighted by atomic mass is 9.95. The van der Waals surface area contributed by atoms with Crippen LogP contribution in [0.1, 0.15) is 42.5 Å². The molecule has 23 heavy (non-hydrogen) atoms. The second kappa shape index (κ2) is 7.59. The van der Waals surface area contributed by atoms with Crippen molar-refractivity contribution in [1.29, 1.82) is 0 Å². The van der Waals surface area contributed by atoms with Gasteiger partial charge < -0.3 is 10.6 Å². The van der Waals surface area contributed by atoms with Crippen molar-refractivity contribution in [2.24, 2.45) is 0 Å². The molecule has 0 unspecified atom stereocenters. The van der Waals surface area contributed by atoms with Crippen LogP contribution < -0.4 is 10.6 Å². The fourth-order valence-electron chi connectivity index (χ4n) is 2.83. The van der Waals surface area contributed by atoms with Crippen LogP contribution in [0.25, 0.3) is 0 Å². The summed E-state index contributed by atoms with van der Waals surface area (Å²) in [5.41, 5.74) is 1.30. The lowest BCUT2D eigenvalue weighted by Crippen LogP contribution is -2.23. The highest BCUT2D eigenvalue weighted by Gasteiger charge is 2.14. The van der Waals surface area contributed by atoms with Crippen molar-refractivity contribution in [1.82, 2.24) is 4.98 Å². The summed E-state index contributed by atoms with van der Waals surface area (Å²) in [7, 11) is 0. The van der Waals surface area contributed by atoms with E-state index < -0.39 is 0 Å². The first kappa shape index (κ1) is 16.0. The summed E-state index contributed by atoms with van der Waals surface area (Å²) in [6, 6.07) is 11.7. The first-order valence-electron chi connectivity index (χ1n) is 8.01. The van der Waals surface area contributed by atoms with Crippen molar-refractivity contribution in [3.05, 3.63) is 52.6 Å². The number of halogens is 1. The van der Waals surface area contributed by atoms with Crippen LogP contribution in [0.5, 0.6) is 0 Å². The Morgan fingerprint density at radius 1 is 1.09 bits per heavy atom. The molecular formula is C18H20BrN3O. The lowest BCUT2D eigenvalue weighted by molar-refractivity contribution is 0.102. The largest absolute Gasteiger partial charge is 0.367 e. The van der Waals surface area contributed by atoms with Gasteiger partial charge in [-0.1, -0.05) is 31.4 Å². The summed E-state index contributed by atoms with van der Waals surface area (Å²) >= 11 is 3.42. The van der Waals surface area contributed by atoms with E-state index in [1.807, 2.05) is 36.4 Å².